The molecular formula is C75H129N25O30. The van der Waals surface area contributed by atoms with Gasteiger partial charge in [-0.2, -0.15) is 0 Å². The third-order valence-corrected chi connectivity index (χ3v) is 18.5. The second kappa shape index (κ2) is 59.2. The van der Waals surface area contributed by atoms with E-state index in [-0.39, 0.29) is 69.6 Å². The van der Waals surface area contributed by atoms with E-state index in [1.54, 1.807) is 4.90 Å². The van der Waals surface area contributed by atoms with E-state index >= 15 is 0 Å². The van der Waals surface area contributed by atoms with Gasteiger partial charge in [0.25, 0.3) is 35.4 Å². The summed E-state index contributed by atoms with van der Waals surface area (Å²) in [6.45, 7) is 18.3. The predicted molar refractivity (Wildman–Crippen MR) is 445 cm³/mol. The molecule has 0 bridgehead atoms. The lowest BCUT2D eigenvalue weighted by Crippen LogP contribution is -2.53. The summed E-state index contributed by atoms with van der Waals surface area (Å²) < 4.78 is 0. The first kappa shape index (κ1) is 117. The molecule has 24 amide bonds. The Balaban J connectivity index is 5.87. The number of nitrogens with zero attached hydrogens (tertiary/aromatic N) is 7. The quantitative estimate of drug-likeness (QED) is 0.0199. The van der Waals surface area contributed by atoms with Crippen molar-refractivity contribution in [2.75, 3.05) is 78.5 Å². The summed E-state index contributed by atoms with van der Waals surface area (Å²) in [4.78, 5) is 304. The van der Waals surface area contributed by atoms with Crippen LogP contribution in [0.15, 0.2) is 0 Å². The normalized spacial score (nSPS) is 14.3. The zero-order chi connectivity index (χ0) is 100. The minimum atomic E-state index is -1.44. The Morgan fingerprint density at radius 2 is 0.315 bits per heavy atom. The van der Waals surface area contributed by atoms with Crippen LogP contribution in [0.2, 0.25) is 0 Å². The van der Waals surface area contributed by atoms with Crippen LogP contribution in [0.1, 0.15) is 163 Å². The summed E-state index contributed by atoms with van der Waals surface area (Å²) >= 11 is 0. The van der Waals surface area contributed by atoms with E-state index in [0.717, 1.165) is 0 Å². The minimum absolute atomic E-state index is 0.0224. The number of hydrogen-bond acceptors (Lipinski definition) is 31. The van der Waals surface area contributed by atoms with Crippen LogP contribution in [0.4, 0.5) is 0 Å². The van der Waals surface area contributed by atoms with Gasteiger partial charge in [-0.05, 0) is 104 Å². The molecule has 0 aromatic heterocycles. The fourth-order valence-electron chi connectivity index (χ4n) is 10.8. The Bertz CT molecular complexity index is 3600. The Labute approximate surface area is 748 Å². The lowest BCUT2D eigenvalue weighted by atomic mass is 10.2. The van der Waals surface area contributed by atoms with Crippen molar-refractivity contribution < 1.29 is 146 Å². The molecule has 55 nitrogen and oxygen atoms in total. The predicted octanol–water partition coefficient (Wildman–Crippen LogP) is -11.1. The second-order valence-electron chi connectivity index (χ2n) is 30.4. The highest BCUT2D eigenvalue weighted by Gasteiger charge is 2.34. The standard InChI is InChI=1S/C75H129N25O30/c1-37(82-55(104)19-28-95(125)73(122)49(13)91-67(116)43(7)85-58(107)22-31-98(128)70(119)46(10)88-64(113)40(4)79-52(16)101)61(110)76-25-34-94(35-26-77-62(111)38(2)83-56(105)20-29-96(126)74(123)50(14)92-68(117)44(8)86-59(108)23-32-99(129)71(120)47(11)89-65(114)41(5)80-53(17)102)36-27-78-63(112)39(3)84-57(106)21-30-97(127)75(124)51(15)93-69(118)45(9)87-60(109)24-33-100(130)72(121)48(12)90-66(115)42(6)81-54(18)103/h37-51,125-130H,19-36H2,1-18H3,(H,76,110)(H,77,111)(H,78,112)(H,79,101)(H,80,102)(H,81,103)(H,82,104)(H,83,105)(H,84,106)(H,85,107)(H,86,108)(H,87,109)(H,88,113)(H,89,114)(H,90,115)(H,91,116)(H,92,117)(H,93,118)/t37-,38-,39-,40-,41-,42-,43-,44-,45-,46-,47-,48-,49-,50-,51-/m0/s1. The maximum atomic E-state index is 13.3. The molecule has 0 aliphatic rings. The van der Waals surface area contributed by atoms with Crippen LogP contribution in [0, 0.1) is 0 Å². The van der Waals surface area contributed by atoms with Gasteiger partial charge in [-0.25, -0.2) is 30.4 Å². The van der Waals surface area contributed by atoms with Crippen LogP contribution in [0.5, 0.6) is 0 Å². The molecule has 15 atom stereocenters. The monoisotopic (exact) mass is 1860 g/mol. The van der Waals surface area contributed by atoms with Gasteiger partial charge in [0.1, 0.15) is 90.6 Å². The molecule has 0 radical (unpaired) electrons. The first-order chi connectivity index (χ1) is 60.3. The highest BCUT2D eigenvalue weighted by molar-refractivity contribution is 5.98. The fourth-order valence-corrected chi connectivity index (χ4v) is 10.8. The van der Waals surface area contributed by atoms with Crippen LogP contribution < -0.4 is 95.7 Å². The van der Waals surface area contributed by atoms with E-state index in [9.17, 15) is 146 Å². The molecule has 0 saturated carbocycles. The number of nitrogens with one attached hydrogen (secondary N) is 18. The molecule has 0 rings (SSSR count). The maximum absolute atomic E-state index is 13.3. The Morgan fingerprint density at radius 1 is 0.185 bits per heavy atom. The van der Waals surface area contributed by atoms with Gasteiger partial charge in [-0.15, -0.1) is 0 Å². The molecular weight excluding hydrogens is 1730 g/mol. The average molecular weight is 1860 g/mol. The van der Waals surface area contributed by atoms with Crippen molar-refractivity contribution in [3.05, 3.63) is 0 Å². The molecule has 734 valence electrons. The molecule has 24 N–H and O–H groups in total. The molecule has 0 unspecified atom stereocenters. The SMILES string of the molecule is CC(=O)N[C@@H](C)C(=O)N[C@@H](C)C(=O)N(O)CCC(=O)N[C@@H](C)C(=O)N[C@@H](C)C(=O)N(O)CCC(=O)N[C@@H](C)C(=O)NCCN(CCNC(=O)[C@H](C)NC(=O)CCN(O)C(=O)[C@H](C)NC(=O)[C@H](C)NC(=O)CCN(O)C(=O)[C@H](C)NC(=O)[C@H](C)NC(C)=O)CCNC(=O)[C@H](C)NC(=O)CCN(O)C(=O)[C@H](C)NC(=O)[C@H](C)NC(=O)CCN(O)C(=O)[C@H](C)NC(=O)[C@H](C)NC(C)=O. The van der Waals surface area contributed by atoms with Crippen molar-refractivity contribution in [1.29, 1.82) is 0 Å². The van der Waals surface area contributed by atoms with Gasteiger partial charge >= 0.3 is 0 Å². The average Bonchev–Trinajstić information content (AvgIpc) is 0.889. The summed E-state index contributed by atoms with van der Waals surface area (Å²) in [6.07, 6.45) is -3.33. The third kappa shape index (κ3) is 46.6. The topological polar surface area (TPSA) is 770 Å². The van der Waals surface area contributed by atoms with Crippen LogP contribution in [-0.4, -0.2) is 377 Å². The van der Waals surface area contributed by atoms with Crippen molar-refractivity contribution in [3.63, 3.8) is 0 Å². The van der Waals surface area contributed by atoms with Gasteiger partial charge in [0.05, 0.1) is 39.3 Å². The minimum Gasteiger partial charge on any atom is -0.353 e. The summed E-state index contributed by atoms with van der Waals surface area (Å²) in [6, 6.07) is -18.8. The molecule has 0 heterocycles. The summed E-state index contributed by atoms with van der Waals surface area (Å²) in [5.74, 6) is -20.0. The van der Waals surface area contributed by atoms with Gasteiger partial charge in [0.2, 0.25) is 106 Å². The lowest BCUT2D eigenvalue weighted by Gasteiger charge is -2.25. The van der Waals surface area contributed by atoms with Gasteiger partial charge in [0, 0.05) is 98.6 Å². The summed E-state index contributed by atoms with van der Waals surface area (Å²) in [7, 11) is 0. The molecule has 130 heavy (non-hydrogen) atoms. The number of rotatable bonds is 57. The largest absolute Gasteiger partial charge is 0.353 e. The van der Waals surface area contributed by atoms with Gasteiger partial charge in [-0.3, -0.25) is 151 Å². The number of hydrogen-bond donors (Lipinski definition) is 24. The van der Waals surface area contributed by atoms with E-state index in [2.05, 4.69) is 95.7 Å². The van der Waals surface area contributed by atoms with Gasteiger partial charge < -0.3 is 95.7 Å². The highest BCUT2D eigenvalue weighted by Crippen LogP contribution is 2.06. The van der Waals surface area contributed by atoms with Gasteiger partial charge in [0.15, 0.2) is 0 Å². The van der Waals surface area contributed by atoms with Crippen LogP contribution in [-0.2, 0) is 115 Å². The Morgan fingerprint density at radius 3 is 0.454 bits per heavy atom. The van der Waals surface area contributed by atoms with E-state index < -0.39 is 310 Å². The van der Waals surface area contributed by atoms with Crippen molar-refractivity contribution in [2.45, 2.75) is 254 Å². The van der Waals surface area contributed by atoms with E-state index in [1.807, 2.05) is 0 Å². The Kier molecular flexibility index (Phi) is 53.3. The van der Waals surface area contributed by atoms with Crippen LogP contribution >= 0.6 is 0 Å². The lowest BCUT2D eigenvalue weighted by molar-refractivity contribution is -0.169. The zero-order valence-electron chi connectivity index (χ0n) is 76.0. The number of carbonyl (C=O) groups is 24. The molecule has 0 aromatic rings. The fraction of sp³-hybridized carbons (Fsp3) is 0.680. The molecule has 0 aliphatic heterocycles. The summed E-state index contributed by atoms with van der Waals surface area (Å²) in [5.41, 5.74) is 0. The van der Waals surface area contributed by atoms with E-state index in [0.29, 0.717) is 0 Å². The molecule has 0 aliphatic carbocycles. The number of carbonyl (C=O) groups excluding carboxylic acids is 24. The van der Waals surface area contributed by atoms with Crippen molar-refractivity contribution in [2.24, 2.45) is 0 Å². The molecule has 0 aromatic carbocycles. The van der Waals surface area contributed by atoms with Crippen LogP contribution in [0.25, 0.3) is 0 Å². The smallest absolute Gasteiger partial charge is 0.268 e. The third-order valence-electron chi connectivity index (χ3n) is 18.5. The highest BCUT2D eigenvalue weighted by atomic mass is 16.5. The summed E-state index contributed by atoms with van der Waals surface area (Å²) in [5, 5.41) is 106. The van der Waals surface area contributed by atoms with Crippen molar-refractivity contribution in [1.82, 2.24) is 131 Å². The second-order valence-corrected chi connectivity index (χ2v) is 30.4. The number of amides is 24. The van der Waals surface area contributed by atoms with E-state index in [1.165, 1.54) is 125 Å². The molecule has 55 heteroatoms. The molecule has 0 saturated heterocycles. The maximum Gasteiger partial charge on any atom is 0.268 e. The van der Waals surface area contributed by atoms with Crippen molar-refractivity contribution in [3.8, 4) is 0 Å². The van der Waals surface area contributed by atoms with Crippen molar-refractivity contribution >= 4 is 142 Å². The molecule has 0 spiro atoms. The molecule has 0 fully saturated rings. The Hall–Kier alpha value is -13.0. The number of hydroxylamine groups is 12. The first-order valence-electron chi connectivity index (χ1n) is 41.3. The zero-order valence-corrected chi connectivity index (χ0v) is 76.0. The van der Waals surface area contributed by atoms with E-state index in [4.69, 9.17) is 0 Å². The van der Waals surface area contributed by atoms with Crippen LogP contribution in [0.3, 0.4) is 0 Å². The van der Waals surface area contributed by atoms with Gasteiger partial charge in [-0.1, -0.05) is 0 Å². The first-order valence-corrected chi connectivity index (χ1v) is 41.3.